The first kappa shape index (κ1) is 12.9. The van der Waals surface area contributed by atoms with Crippen molar-refractivity contribution in [2.75, 3.05) is 12.4 Å². The first-order valence-electron chi connectivity index (χ1n) is 6.90. The van der Waals surface area contributed by atoms with Crippen molar-refractivity contribution >= 4 is 5.69 Å². The molecule has 3 rings (SSSR count). The van der Waals surface area contributed by atoms with E-state index in [2.05, 4.69) is 18.3 Å². The molecule has 104 valence electrons. The molecule has 20 heavy (non-hydrogen) atoms. The molecule has 1 aliphatic carbocycles. The van der Waals surface area contributed by atoms with Crippen LogP contribution in [0.2, 0.25) is 0 Å². The van der Waals surface area contributed by atoms with Crippen LogP contribution in [0.5, 0.6) is 11.5 Å². The van der Waals surface area contributed by atoms with Crippen LogP contribution in [0, 0.1) is 6.92 Å². The van der Waals surface area contributed by atoms with Crippen LogP contribution >= 0.6 is 0 Å². The van der Waals surface area contributed by atoms with E-state index < -0.39 is 0 Å². The molecule has 0 aromatic heterocycles. The monoisotopic (exact) mass is 269 g/mol. The number of benzene rings is 2. The minimum Gasteiger partial charge on any atom is -0.508 e. The third-order valence-corrected chi connectivity index (χ3v) is 3.97. The molecule has 1 unspecified atom stereocenters. The molecule has 0 aliphatic heterocycles. The van der Waals surface area contributed by atoms with Crippen molar-refractivity contribution < 1.29 is 9.84 Å². The van der Waals surface area contributed by atoms with Crippen molar-refractivity contribution in [3.8, 4) is 11.5 Å². The average Bonchev–Trinajstić information content (AvgIpc) is 2.83. The van der Waals surface area contributed by atoms with Crippen molar-refractivity contribution in [3.63, 3.8) is 0 Å². The molecule has 0 amide bonds. The normalized spacial score (nSPS) is 16.8. The maximum atomic E-state index is 9.54. The maximum Gasteiger partial charge on any atom is 0.119 e. The Morgan fingerprint density at radius 3 is 2.80 bits per heavy atom. The molecular formula is C17H19NO2. The van der Waals surface area contributed by atoms with Gasteiger partial charge in [-0.3, -0.25) is 0 Å². The molecule has 0 saturated carbocycles. The number of phenols is 1. The molecule has 3 heteroatoms. The van der Waals surface area contributed by atoms with Crippen LogP contribution in [0.4, 0.5) is 5.69 Å². The van der Waals surface area contributed by atoms with E-state index in [9.17, 15) is 5.11 Å². The summed E-state index contributed by atoms with van der Waals surface area (Å²) in [6.45, 7) is 2.08. The van der Waals surface area contributed by atoms with Gasteiger partial charge in [0.15, 0.2) is 0 Å². The largest absolute Gasteiger partial charge is 0.508 e. The molecule has 2 N–H and O–H groups in total. The van der Waals surface area contributed by atoms with Gasteiger partial charge < -0.3 is 15.2 Å². The summed E-state index contributed by atoms with van der Waals surface area (Å²) in [5, 5.41) is 13.1. The quantitative estimate of drug-likeness (QED) is 0.890. The number of aryl methyl sites for hydroxylation is 2. The van der Waals surface area contributed by atoms with Crippen molar-refractivity contribution in [1.82, 2.24) is 0 Å². The summed E-state index contributed by atoms with van der Waals surface area (Å²) in [6.07, 6.45) is 2.07. The first-order chi connectivity index (χ1) is 9.67. The molecule has 0 spiro atoms. The number of phenolic OH excluding ortho intramolecular Hbond substituents is 1. The third kappa shape index (κ3) is 2.31. The number of fused-ring (bicyclic) bond motifs is 1. The number of nitrogens with one attached hydrogen (secondary N) is 1. The molecule has 1 atom stereocenters. The van der Waals surface area contributed by atoms with Crippen molar-refractivity contribution in [1.29, 1.82) is 0 Å². The van der Waals surface area contributed by atoms with E-state index in [-0.39, 0.29) is 0 Å². The Morgan fingerprint density at radius 2 is 2.05 bits per heavy atom. The van der Waals surface area contributed by atoms with E-state index in [1.165, 1.54) is 16.7 Å². The lowest BCUT2D eigenvalue weighted by Gasteiger charge is -2.18. The van der Waals surface area contributed by atoms with Crippen molar-refractivity contribution in [2.45, 2.75) is 25.8 Å². The SMILES string of the molecule is COc1ccc(NC2CCc3cc(O)ccc32)c(C)c1. The number of aromatic hydroxyl groups is 1. The van der Waals surface area contributed by atoms with Gasteiger partial charge in [0.25, 0.3) is 0 Å². The predicted molar refractivity (Wildman–Crippen MR) is 80.5 cm³/mol. The molecule has 0 fully saturated rings. The highest BCUT2D eigenvalue weighted by Gasteiger charge is 2.22. The topological polar surface area (TPSA) is 41.5 Å². The number of methoxy groups -OCH3 is 1. The van der Waals surface area contributed by atoms with Crippen molar-refractivity contribution in [3.05, 3.63) is 53.1 Å². The highest BCUT2D eigenvalue weighted by Crippen LogP contribution is 2.36. The van der Waals surface area contributed by atoms with Gasteiger partial charge in [0, 0.05) is 5.69 Å². The highest BCUT2D eigenvalue weighted by molar-refractivity contribution is 5.56. The fourth-order valence-electron chi connectivity index (χ4n) is 2.87. The van der Waals surface area contributed by atoms with Crippen LogP contribution in [0.25, 0.3) is 0 Å². The molecule has 3 nitrogen and oxygen atoms in total. The van der Waals surface area contributed by atoms with Crippen LogP contribution in [0.3, 0.4) is 0 Å². The molecule has 0 bridgehead atoms. The minimum atomic E-state index is 0.317. The summed E-state index contributed by atoms with van der Waals surface area (Å²) in [4.78, 5) is 0. The zero-order chi connectivity index (χ0) is 14.1. The third-order valence-electron chi connectivity index (χ3n) is 3.97. The van der Waals surface area contributed by atoms with Crippen LogP contribution in [-0.4, -0.2) is 12.2 Å². The maximum absolute atomic E-state index is 9.54. The van der Waals surface area contributed by atoms with E-state index in [1.54, 1.807) is 13.2 Å². The van der Waals surface area contributed by atoms with Gasteiger partial charge in [-0.15, -0.1) is 0 Å². The Labute approximate surface area is 119 Å². The number of hydrogen-bond donors (Lipinski definition) is 2. The lowest BCUT2D eigenvalue weighted by molar-refractivity contribution is 0.414. The van der Waals surface area contributed by atoms with E-state index in [1.807, 2.05) is 24.3 Å². The Kier molecular flexibility index (Phi) is 3.26. The van der Waals surface area contributed by atoms with E-state index in [0.717, 1.165) is 24.3 Å². The fraction of sp³-hybridized carbons (Fsp3) is 0.294. The smallest absolute Gasteiger partial charge is 0.119 e. The van der Waals surface area contributed by atoms with Gasteiger partial charge in [-0.2, -0.15) is 0 Å². The van der Waals surface area contributed by atoms with Gasteiger partial charge >= 0.3 is 0 Å². The summed E-state index contributed by atoms with van der Waals surface area (Å²) in [5.74, 6) is 1.23. The van der Waals surface area contributed by atoms with E-state index in [4.69, 9.17) is 4.74 Å². The van der Waals surface area contributed by atoms with Crippen molar-refractivity contribution in [2.24, 2.45) is 0 Å². The first-order valence-corrected chi connectivity index (χ1v) is 6.90. The molecular weight excluding hydrogens is 250 g/mol. The van der Waals surface area contributed by atoms with Crippen LogP contribution < -0.4 is 10.1 Å². The van der Waals surface area contributed by atoms with Gasteiger partial charge in [-0.1, -0.05) is 6.07 Å². The lowest BCUT2D eigenvalue weighted by atomic mass is 10.1. The number of anilines is 1. The zero-order valence-electron chi connectivity index (χ0n) is 11.8. The Hall–Kier alpha value is -2.16. The van der Waals surface area contributed by atoms with Gasteiger partial charge in [-0.25, -0.2) is 0 Å². The summed E-state index contributed by atoms with van der Waals surface area (Å²) < 4.78 is 5.23. The number of hydrogen-bond acceptors (Lipinski definition) is 3. The Morgan fingerprint density at radius 1 is 1.20 bits per heavy atom. The summed E-state index contributed by atoms with van der Waals surface area (Å²) in [6, 6.07) is 12.0. The minimum absolute atomic E-state index is 0.317. The number of rotatable bonds is 3. The standard InChI is InChI=1S/C17H19NO2/c1-11-9-14(20-2)5-8-16(11)18-17-7-3-12-10-13(19)4-6-15(12)17/h4-6,8-10,17-19H,3,7H2,1-2H3. The second-order valence-electron chi connectivity index (χ2n) is 5.30. The summed E-state index contributed by atoms with van der Waals surface area (Å²) in [5.41, 5.74) is 4.85. The lowest BCUT2D eigenvalue weighted by Crippen LogP contribution is -2.08. The summed E-state index contributed by atoms with van der Waals surface area (Å²) >= 11 is 0. The highest BCUT2D eigenvalue weighted by atomic mass is 16.5. The van der Waals surface area contributed by atoms with Crippen LogP contribution in [0.15, 0.2) is 36.4 Å². The van der Waals surface area contributed by atoms with Gasteiger partial charge in [0.05, 0.1) is 13.2 Å². The molecule has 2 aromatic rings. The Balaban J connectivity index is 1.84. The second-order valence-corrected chi connectivity index (χ2v) is 5.30. The molecule has 0 saturated heterocycles. The van der Waals surface area contributed by atoms with Gasteiger partial charge in [-0.05, 0) is 66.8 Å². The van der Waals surface area contributed by atoms with Crippen LogP contribution in [0.1, 0.15) is 29.2 Å². The average molecular weight is 269 g/mol. The Bertz CT molecular complexity index is 637. The van der Waals surface area contributed by atoms with Gasteiger partial charge in [0.1, 0.15) is 11.5 Å². The summed E-state index contributed by atoms with van der Waals surface area (Å²) in [7, 11) is 1.68. The molecule has 0 radical (unpaired) electrons. The van der Waals surface area contributed by atoms with Gasteiger partial charge in [0.2, 0.25) is 0 Å². The molecule has 0 heterocycles. The van der Waals surface area contributed by atoms with E-state index in [0.29, 0.717) is 11.8 Å². The van der Waals surface area contributed by atoms with E-state index >= 15 is 0 Å². The number of ether oxygens (including phenoxy) is 1. The second kappa shape index (κ2) is 5.08. The fourth-order valence-corrected chi connectivity index (χ4v) is 2.87. The zero-order valence-corrected chi connectivity index (χ0v) is 11.8. The predicted octanol–water partition coefficient (Wildman–Crippen LogP) is 3.81. The molecule has 2 aromatic carbocycles. The molecule has 1 aliphatic rings. The van der Waals surface area contributed by atoms with Crippen LogP contribution in [-0.2, 0) is 6.42 Å².